The standard InChI is InChI=1S/C21H23F2N7O2S/c1-13(31)26-17-8-7-15(27-28-17)5-3-4-6-18-29-30-20(33-18)19(32)25-12-16-11-14(9-10-24-16)21(2,22)23/h7-11H,3-6,12H2,1-2H3,(H,25,32)(H,26,28,31). The van der Waals surface area contributed by atoms with Gasteiger partial charge in [-0.25, -0.2) is 8.78 Å². The number of unbranched alkanes of at least 4 members (excludes halogenated alkanes) is 1. The molecule has 0 aliphatic rings. The molecule has 0 atom stereocenters. The molecule has 0 bridgehead atoms. The third kappa shape index (κ3) is 7.59. The SMILES string of the molecule is CC(=O)Nc1ccc(CCCCc2nnc(C(=O)NCc3cc(C(C)(F)F)ccn3)s2)nn1. The Labute approximate surface area is 193 Å². The second-order valence-corrected chi connectivity index (χ2v) is 8.47. The molecule has 0 spiro atoms. The molecule has 2 amide bonds. The summed E-state index contributed by atoms with van der Waals surface area (Å²) in [4.78, 5) is 27.3. The van der Waals surface area contributed by atoms with Crippen molar-refractivity contribution in [3.8, 4) is 0 Å². The minimum Gasteiger partial charge on any atom is -0.344 e. The van der Waals surface area contributed by atoms with E-state index in [4.69, 9.17) is 0 Å². The first-order valence-corrected chi connectivity index (χ1v) is 11.1. The van der Waals surface area contributed by atoms with E-state index in [1.54, 1.807) is 6.07 Å². The van der Waals surface area contributed by atoms with Crippen molar-refractivity contribution in [3.63, 3.8) is 0 Å². The van der Waals surface area contributed by atoms with Crippen LogP contribution in [0.4, 0.5) is 14.6 Å². The summed E-state index contributed by atoms with van der Waals surface area (Å²) in [7, 11) is 0. The van der Waals surface area contributed by atoms with Gasteiger partial charge in [-0.15, -0.1) is 15.3 Å². The first kappa shape index (κ1) is 24.2. The molecule has 9 nitrogen and oxygen atoms in total. The molecule has 12 heteroatoms. The number of halogens is 2. The molecule has 0 aromatic carbocycles. The summed E-state index contributed by atoms with van der Waals surface area (Å²) in [5.74, 6) is -3.19. The molecule has 3 aromatic heterocycles. The van der Waals surface area contributed by atoms with Crippen LogP contribution in [0, 0.1) is 0 Å². The molecule has 3 heterocycles. The van der Waals surface area contributed by atoms with Gasteiger partial charge in [0.25, 0.3) is 11.8 Å². The van der Waals surface area contributed by atoms with E-state index in [0.29, 0.717) is 17.9 Å². The molecule has 0 unspecified atom stereocenters. The van der Waals surface area contributed by atoms with Gasteiger partial charge in [-0.05, 0) is 43.5 Å². The number of alkyl halides is 2. The zero-order valence-electron chi connectivity index (χ0n) is 18.1. The van der Waals surface area contributed by atoms with Gasteiger partial charge in [-0.1, -0.05) is 11.3 Å². The van der Waals surface area contributed by atoms with E-state index in [1.807, 2.05) is 6.07 Å². The Morgan fingerprint density at radius 2 is 1.82 bits per heavy atom. The fourth-order valence-corrected chi connectivity index (χ4v) is 3.66. The first-order valence-electron chi connectivity index (χ1n) is 10.2. The van der Waals surface area contributed by atoms with E-state index in [9.17, 15) is 18.4 Å². The Morgan fingerprint density at radius 3 is 2.52 bits per heavy atom. The van der Waals surface area contributed by atoms with Gasteiger partial charge in [0.05, 0.1) is 17.9 Å². The van der Waals surface area contributed by atoms with Crippen LogP contribution in [0.15, 0.2) is 30.5 Å². The summed E-state index contributed by atoms with van der Waals surface area (Å²) < 4.78 is 26.9. The van der Waals surface area contributed by atoms with Crippen molar-refractivity contribution in [1.29, 1.82) is 0 Å². The molecular weight excluding hydrogens is 452 g/mol. The van der Waals surface area contributed by atoms with Crippen molar-refractivity contribution in [2.24, 2.45) is 0 Å². The van der Waals surface area contributed by atoms with Gasteiger partial charge in [0, 0.05) is 32.0 Å². The Morgan fingerprint density at radius 1 is 1.03 bits per heavy atom. The van der Waals surface area contributed by atoms with E-state index in [2.05, 4.69) is 36.0 Å². The Bertz CT molecular complexity index is 1100. The lowest BCUT2D eigenvalue weighted by Gasteiger charge is -2.11. The highest BCUT2D eigenvalue weighted by Crippen LogP contribution is 2.26. The van der Waals surface area contributed by atoms with Crippen LogP contribution < -0.4 is 10.6 Å². The number of nitrogens with one attached hydrogen (secondary N) is 2. The maximum absolute atomic E-state index is 13.4. The van der Waals surface area contributed by atoms with E-state index in [0.717, 1.165) is 36.9 Å². The topological polar surface area (TPSA) is 123 Å². The number of aryl methyl sites for hydroxylation is 2. The maximum Gasteiger partial charge on any atom is 0.282 e. The number of amides is 2. The molecule has 3 rings (SSSR count). The monoisotopic (exact) mass is 475 g/mol. The lowest BCUT2D eigenvalue weighted by atomic mass is 10.1. The molecule has 0 fully saturated rings. The summed E-state index contributed by atoms with van der Waals surface area (Å²) in [6.07, 6.45) is 4.35. The number of rotatable bonds is 10. The molecule has 0 aliphatic carbocycles. The number of carbonyl (C=O) groups excluding carboxylic acids is 2. The van der Waals surface area contributed by atoms with Gasteiger partial charge in [0.15, 0.2) is 5.82 Å². The van der Waals surface area contributed by atoms with Gasteiger partial charge in [0.1, 0.15) is 5.01 Å². The number of carbonyl (C=O) groups is 2. The molecule has 2 N–H and O–H groups in total. The zero-order valence-corrected chi connectivity index (χ0v) is 19.0. The minimum atomic E-state index is -2.97. The minimum absolute atomic E-state index is 0.0133. The number of hydrogen-bond donors (Lipinski definition) is 2. The first-order chi connectivity index (χ1) is 15.7. The molecule has 3 aromatic rings. The van der Waals surface area contributed by atoms with Crippen LogP contribution in [0.2, 0.25) is 0 Å². The van der Waals surface area contributed by atoms with Gasteiger partial charge >= 0.3 is 0 Å². The predicted octanol–water partition coefficient (Wildman–Crippen LogP) is 3.29. The second-order valence-electron chi connectivity index (χ2n) is 7.41. The highest BCUT2D eigenvalue weighted by molar-refractivity contribution is 7.13. The highest BCUT2D eigenvalue weighted by atomic mass is 32.1. The average molecular weight is 476 g/mol. The van der Waals surface area contributed by atoms with Crippen molar-refractivity contribution in [2.45, 2.75) is 52.0 Å². The van der Waals surface area contributed by atoms with Crippen molar-refractivity contribution in [2.75, 3.05) is 5.32 Å². The highest BCUT2D eigenvalue weighted by Gasteiger charge is 2.24. The third-order valence-electron chi connectivity index (χ3n) is 4.51. The van der Waals surface area contributed by atoms with Crippen LogP contribution in [0.5, 0.6) is 0 Å². The van der Waals surface area contributed by atoms with Crippen LogP contribution in [0.25, 0.3) is 0 Å². The van der Waals surface area contributed by atoms with Crippen molar-refractivity contribution in [1.82, 2.24) is 30.7 Å². The fraction of sp³-hybridized carbons (Fsp3) is 0.381. The number of nitrogens with zero attached hydrogens (tertiary/aromatic N) is 5. The lowest BCUT2D eigenvalue weighted by Crippen LogP contribution is -2.23. The van der Waals surface area contributed by atoms with Gasteiger partial charge in [-0.2, -0.15) is 5.10 Å². The number of anilines is 1. The fourth-order valence-electron chi connectivity index (χ4n) is 2.86. The molecule has 174 valence electrons. The van der Waals surface area contributed by atoms with Crippen LogP contribution in [0.1, 0.15) is 58.5 Å². The van der Waals surface area contributed by atoms with Crippen molar-refractivity contribution < 1.29 is 18.4 Å². The molecular formula is C21H23F2N7O2S. The summed E-state index contributed by atoms with van der Waals surface area (Å²) >= 11 is 1.19. The second kappa shape index (κ2) is 10.9. The molecule has 0 saturated heterocycles. The van der Waals surface area contributed by atoms with E-state index < -0.39 is 11.8 Å². The van der Waals surface area contributed by atoms with Gasteiger partial charge in [0.2, 0.25) is 10.9 Å². The smallest absolute Gasteiger partial charge is 0.282 e. The summed E-state index contributed by atoms with van der Waals surface area (Å²) in [5.41, 5.74) is 0.995. The van der Waals surface area contributed by atoms with Crippen LogP contribution in [-0.2, 0) is 30.1 Å². The van der Waals surface area contributed by atoms with E-state index in [-0.39, 0.29) is 23.0 Å². The summed E-state index contributed by atoms with van der Waals surface area (Å²) in [6.45, 7) is 2.23. The van der Waals surface area contributed by atoms with Gasteiger partial charge < -0.3 is 10.6 Å². The zero-order chi connectivity index (χ0) is 23.8. The van der Waals surface area contributed by atoms with Gasteiger partial charge in [-0.3, -0.25) is 14.6 Å². The summed E-state index contributed by atoms with van der Waals surface area (Å²) in [6, 6.07) is 6.04. The molecule has 33 heavy (non-hydrogen) atoms. The predicted molar refractivity (Wildman–Crippen MR) is 118 cm³/mol. The molecule has 0 radical (unpaired) electrons. The van der Waals surface area contributed by atoms with E-state index in [1.165, 1.54) is 36.6 Å². The lowest BCUT2D eigenvalue weighted by molar-refractivity contribution is -0.114. The number of pyridine rings is 1. The summed E-state index contributed by atoms with van der Waals surface area (Å²) in [5, 5.41) is 22.1. The molecule has 0 aliphatic heterocycles. The van der Waals surface area contributed by atoms with Crippen molar-refractivity contribution >= 4 is 29.0 Å². The van der Waals surface area contributed by atoms with E-state index >= 15 is 0 Å². The normalized spacial score (nSPS) is 11.3. The van der Waals surface area contributed by atoms with Crippen LogP contribution in [-0.4, -0.2) is 37.2 Å². The van der Waals surface area contributed by atoms with Crippen LogP contribution >= 0.6 is 11.3 Å². The maximum atomic E-state index is 13.4. The Hall–Kier alpha value is -3.41. The number of hydrogen-bond acceptors (Lipinski definition) is 8. The Kier molecular flexibility index (Phi) is 8.04. The Balaban J connectivity index is 1.42. The largest absolute Gasteiger partial charge is 0.344 e. The quantitative estimate of drug-likeness (QED) is 0.431. The van der Waals surface area contributed by atoms with Crippen LogP contribution in [0.3, 0.4) is 0 Å². The third-order valence-corrected chi connectivity index (χ3v) is 5.49. The van der Waals surface area contributed by atoms with Crippen molar-refractivity contribution in [3.05, 3.63) is 57.4 Å². The molecule has 0 saturated carbocycles. The number of aromatic nitrogens is 5. The average Bonchev–Trinajstić information content (AvgIpc) is 3.24.